The number of hydrogen-bond donors (Lipinski definition) is 3. The van der Waals surface area contributed by atoms with Gasteiger partial charge in [0, 0.05) is 30.8 Å². The Morgan fingerprint density at radius 3 is 2.78 bits per heavy atom. The fourth-order valence-electron chi connectivity index (χ4n) is 2.63. The molecule has 0 radical (unpaired) electrons. The summed E-state index contributed by atoms with van der Waals surface area (Å²) in [5.41, 5.74) is 8.81. The van der Waals surface area contributed by atoms with Gasteiger partial charge in [0.05, 0.1) is 0 Å². The van der Waals surface area contributed by atoms with E-state index in [4.69, 9.17) is 5.53 Å². The summed E-state index contributed by atoms with van der Waals surface area (Å²) < 4.78 is 0. The molecular weight excluding hydrogens is 304 g/mol. The van der Waals surface area contributed by atoms with Crippen LogP contribution in [0.5, 0.6) is 11.5 Å². The number of phenols is 2. The van der Waals surface area contributed by atoms with Gasteiger partial charge >= 0.3 is 5.97 Å². The van der Waals surface area contributed by atoms with Crippen LogP contribution in [-0.2, 0) is 16.0 Å². The van der Waals surface area contributed by atoms with E-state index in [1.54, 1.807) is 0 Å². The highest BCUT2D eigenvalue weighted by molar-refractivity contribution is 5.85. The van der Waals surface area contributed by atoms with Gasteiger partial charge in [0.25, 0.3) is 0 Å². The summed E-state index contributed by atoms with van der Waals surface area (Å²) >= 11 is 0. The maximum atomic E-state index is 12.0. The molecule has 1 aromatic rings. The van der Waals surface area contributed by atoms with Gasteiger partial charge in [-0.3, -0.25) is 4.79 Å². The summed E-state index contributed by atoms with van der Waals surface area (Å²) in [6.07, 6.45) is 0.146. The molecule has 0 spiro atoms. The molecule has 0 aliphatic carbocycles. The normalized spacial score (nSPS) is 18.5. The molecule has 0 saturated carbocycles. The van der Waals surface area contributed by atoms with Gasteiger partial charge in [-0.05, 0) is 29.1 Å². The number of rotatable bonds is 6. The fourth-order valence-corrected chi connectivity index (χ4v) is 2.63. The van der Waals surface area contributed by atoms with Crippen LogP contribution in [0.3, 0.4) is 0 Å². The molecule has 1 heterocycles. The number of carboxylic acids is 1. The topological polar surface area (TPSA) is 147 Å². The number of aromatic hydroxyl groups is 2. The molecule has 0 aromatic heterocycles. The van der Waals surface area contributed by atoms with Gasteiger partial charge in [0.2, 0.25) is 5.91 Å². The number of benzene rings is 1. The SMILES string of the molecule is [N-]=[N+]=NCC1CC(=O)N([C@@H](Cc2ccc(O)c(O)c2)C(=O)O)C1. The Morgan fingerprint density at radius 2 is 2.17 bits per heavy atom. The molecule has 9 heteroatoms. The molecule has 2 rings (SSSR count). The molecule has 0 bridgehead atoms. The van der Waals surface area contributed by atoms with Gasteiger partial charge < -0.3 is 20.2 Å². The zero-order valence-electron chi connectivity index (χ0n) is 12.2. The molecular formula is C14H16N4O5. The number of likely N-dealkylation sites (tertiary alicyclic amines) is 1. The molecule has 1 aromatic carbocycles. The van der Waals surface area contributed by atoms with Crippen molar-refractivity contribution in [1.29, 1.82) is 0 Å². The molecule has 122 valence electrons. The van der Waals surface area contributed by atoms with Crippen LogP contribution in [0.15, 0.2) is 23.3 Å². The molecule has 1 saturated heterocycles. The van der Waals surface area contributed by atoms with Gasteiger partial charge in [0.1, 0.15) is 6.04 Å². The lowest BCUT2D eigenvalue weighted by molar-refractivity contribution is -0.148. The second-order valence-corrected chi connectivity index (χ2v) is 5.41. The highest BCUT2D eigenvalue weighted by Crippen LogP contribution is 2.27. The van der Waals surface area contributed by atoms with Crippen LogP contribution >= 0.6 is 0 Å². The zero-order chi connectivity index (χ0) is 17.0. The van der Waals surface area contributed by atoms with E-state index in [0.29, 0.717) is 5.56 Å². The average Bonchev–Trinajstić information content (AvgIpc) is 2.86. The predicted octanol–water partition coefficient (Wildman–Crippen LogP) is 1.25. The smallest absolute Gasteiger partial charge is 0.326 e. The number of hydrogen-bond acceptors (Lipinski definition) is 5. The van der Waals surface area contributed by atoms with Crippen LogP contribution in [0.2, 0.25) is 0 Å². The highest BCUT2D eigenvalue weighted by atomic mass is 16.4. The van der Waals surface area contributed by atoms with Crippen molar-refractivity contribution in [1.82, 2.24) is 4.90 Å². The fraction of sp³-hybridized carbons (Fsp3) is 0.429. The Balaban J connectivity index is 2.15. The number of carbonyl (C=O) groups is 2. The van der Waals surface area contributed by atoms with Crippen LogP contribution < -0.4 is 0 Å². The van der Waals surface area contributed by atoms with Crippen molar-refractivity contribution >= 4 is 11.9 Å². The van der Waals surface area contributed by atoms with Crippen molar-refractivity contribution in [2.24, 2.45) is 11.0 Å². The van der Waals surface area contributed by atoms with Gasteiger partial charge in [0.15, 0.2) is 11.5 Å². The third kappa shape index (κ3) is 3.83. The Morgan fingerprint density at radius 1 is 1.43 bits per heavy atom. The van der Waals surface area contributed by atoms with E-state index in [1.807, 2.05) is 0 Å². The standard InChI is InChI=1S/C14H16N4O5/c15-17-16-6-9-5-13(21)18(7-9)10(14(22)23)3-8-1-2-11(19)12(20)4-8/h1-2,4,9-10,19-20H,3,5-7H2,(H,22,23)/t9?,10-/m0/s1. The van der Waals surface area contributed by atoms with Gasteiger partial charge in [-0.1, -0.05) is 11.2 Å². The highest BCUT2D eigenvalue weighted by Gasteiger charge is 2.37. The third-order valence-corrected chi connectivity index (χ3v) is 3.77. The lowest BCUT2D eigenvalue weighted by Crippen LogP contribution is -2.43. The van der Waals surface area contributed by atoms with Crippen LogP contribution in [0.4, 0.5) is 0 Å². The van der Waals surface area contributed by atoms with Crippen LogP contribution in [-0.4, -0.2) is 51.2 Å². The molecule has 1 amide bonds. The minimum Gasteiger partial charge on any atom is -0.504 e. The Labute approximate surface area is 131 Å². The largest absolute Gasteiger partial charge is 0.504 e. The number of carbonyl (C=O) groups excluding carboxylic acids is 1. The quantitative estimate of drug-likeness (QED) is 0.312. The molecule has 1 unspecified atom stereocenters. The monoisotopic (exact) mass is 320 g/mol. The van der Waals surface area contributed by atoms with E-state index in [2.05, 4.69) is 10.0 Å². The van der Waals surface area contributed by atoms with Crippen molar-refractivity contribution in [3.05, 3.63) is 34.2 Å². The van der Waals surface area contributed by atoms with Crippen molar-refractivity contribution in [3.63, 3.8) is 0 Å². The Kier molecular flexibility index (Phi) is 4.92. The first kappa shape index (κ1) is 16.4. The van der Waals surface area contributed by atoms with Crippen molar-refractivity contribution in [2.45, 2.75) is 18.9 Å². The summed E-state index contributed by atoms with van der Waals surface area (Å²) in [6, 6.07) is 2.94. The zero-order valence-corrected chi connectivity index (χ0v) is 12.2. The number of aliphatic carboxylic acids is 1. The molecule has 1 fully saturated rings. The molecule has 23 heavy (non-hydrogen) atoms. The summed E-state index contributed by atoms with van der Waals surface area (Å²) in [6.45, 7) is 0.351. The number of nitrogens with zero attached hydrogens (tertiary/aromatic N) is 4. The van der Waals surface area contributed by atoms with Gasteiger partial charge in [-0.15, -0.1) is 0 Å². The van der Waals surface area contributed by atoms with E-state index in [-0.39, 0.29) is 49.3 Å². The second-order valence-electron chi connectivity index (χ2n) is 5.41. The lowest BCUT2D eigenvalue weighted by Gasteiger charge is -2.25. The summed E-state index contributed by atoms with van der Waals surface area (Å²) in [4.78, 5) is 27.5. The number of azide groups is 1. The Hall–Kier alpha value is -2.93. The van der Waals surface area contributed by atoms with Crippen LogP contribution in [0, 0.1) is 5.92 Å². The van der Waals surface area contributed by atoms with Crippen molar-refractivity contribution in [2.75, 3.05) is 13.1 Å². The van der Waals surface area contributed by atoms with E-state index < -0.39 is 12.0 Å². The van der Waals surface area contributed by atoms with Crippen LogP contribution in [0.25, 0.3) is 10.4 Å². The predicted molar refractivity (Wildman–Crippen MR) is 78.7 cm³/mol. The first-order valence-corrected chi connectivity index (χ1v) is 6.96. The summed E-state index contributed by atoms with van der Waals surface area (Å²) in [5, 5.41) is 31.6. The maximum Gasteiger partial charge on any atom is 0.326 e. The minimum absolute atomic E-state index is 0.00313. The van der Waals surface area contributed by atoms with E-state index in [9.17, 15) is 24.9 Å². The molecule has 1 aliphatic heterocycles. The molecule has 1 aliphatic rings. The average molecular weight is 320 g/mol. The second kappa shape index (κ2) is 6.89. The third-order valence-electron chi connectivity index (χ3n) is 3.77. The van der Waals surface area contributed by atoms with Gasteiger partial charge in [-0.25, -0.2) is 4.79 Å². The van der Waals surface area contributed by atoms with Crippen molar-refractivity contribution in [3.8, 4) is 11.5 Å². The lowest BCUT2D eigenvalue weighted by atomic mass is 10.0. The summed E-state index contributed by atoms with van der Waals surface area (Å²) in [7, 11) is 0. The van der Waals surface area contributed by atoms with E-state index in [0.717, 1.165) is 0 Å². The van der Waals surface area contributed by atoms with Crippen LogP contribution in [0.1, 0.15) is 12.0 Å². The van der Waals surface area contributed by atoms with E-state index in [1.165, 1.54) is 23.1 Å². The number of carboxylic acid groups (broad SMARTS) is 1. The number of amides is 1. The Bertz CT molecular complexity index is 671. The molecule has 3 N–H and O–H groups in total. The number of phenolic OH excluding ortho intramolecular Hbond substituents is 2. The summed E-state index contributed by atoms with van der Waals surface area (Å²) in [5.74, 6) is -2.31. The molecule has 2 atom stereocenters. The first-order valence-electron chi connectivity index (χ1n) is 6.96. The molecule has 9 nitrogen and oxygen atoms in total. The maximum absolute atomic E-state index is 12.0. The minimum atomic E-state index is -1.16. The van der Waals surface area contributed by atoms with Crippen molar-refractivity contribution < 1.29 is 24.9 Å². The van der Waals surface area contributed by atoms with E-state index >= 15 is 0 Å². The first-order chi connectivity index (χ1) is 10.9. The van der Waals surface area contributed by atoms with Gasteiger partial charge in [-0.2, -0.15) is 0 Å².